The number of nitro groups is 1. The molecule has 0 spiro atoms. The van der Waals surface area contributed by atoms with Crippen molar-refractivity contribution in [2.24, 2.45) is 46.3 Å². The highest BCUT2D eigenvalue weighted by Gasteiger charge is 2.60. The van der Waals surface area contributed by atoms with E-state index in [1.807, 2.05) is 0 Å². The van der Waals surface area contributed by atoms with Gasteiger partial charge in [0, 0.05) is 5.92 Å². The highest BCUT2D eigenvalue weighted by Crippen LogP contribution is 2.67. The van der Waals surface area contributed by atoms with E-state index in [-0.39, 0.29) is 29.3 Å². The zero-order valence-corrected chi connectivity index (χ0v) is 19.3. The Labute approximate surface area is 185 Å². The van der Waals surface area contributed by atoms with Crippen LogP contribution in [0.3, 0.4) is 0 Å². The van der Waals surface area contributed by atoms with Gasteiger partial charge in [-0.15, -0.1) is 0 Å². The quantitative estimate of drug-likeness (QED) is 0.459. The Kier molecular flexibility index (Phi) is 5.06. The summed E-state index contributed by atoms with van der Waals surface area (Å²) in [4.78, 5) is 23.8. The van der Waals surface area contributed by atoms with Crippen LogP contribution in [0.4, 0.5) is 5.69 Å². The van der Waals surface area contributed by atoms with E-state index in [9.17, 15) is 14.9 Å². The van der Waals surface area contributed by atoms with Gasteiger partial charge in [-0.25, -0.2) is 0 Å². The highest BCUT2D eigenvalue weighted by molar-refractivity contribution is 5.82. The Hall–Kier alpha value is -1.72. The molecule has 31 heavy (non-hydrogen) atoms. The molecule has 0 bridgehead atoms. The second kappa shape index (κ2) is 7.41. The monoisotopic (exact) mass is 427 g/mol. The van der Waals surface area contributed by atoms with Crippen LogP contribution < -0.4 is 0 Å². The number of rotatable bonds is 4. The van der Waals surface area contributed by atoms with E-state index < -0.39 is 4.92 Å². The summed E-state index contributed by atoms with van der Waals surface area (Å²) in [5, 5.41) is 15.0. The zero-order chi connectivity index (χ0) is 22.0. The van der Waals surface area contributed by atoms with Crippen LogP contribution in [0, 0.1) is 56.5 Å². The van der Waals surface area contributed by atoms with Crippen molar-refractivity contribution in [2.45, 2.75) is 85.1 Å². The van der Waals surface area contributed by atoms with Gasteiger partial charge in [-0.2, -0.15) is 5.10 Å². The molecule has 1 aromatic rings. The van der Waals surface area contributed by atoms with Gasteiger partial charge in [0.15, 0.2) is 5.78 Å². The predicted molar refractivity (Wildman–Crippen MR) is 118 cm³/mol. The number of nitrogens with zero attached hydrogens (tertiary/aromatic N) is 3. The van der Waals surface area contributed by atoms with Gasteiger partial charge in [-0.05, 0) is 91.8 Å². The van der Waals surface area contributed by atoms with Crippen molar-refractivity contribution in [3.05, 3.63) is 22.5 Å². The molecule has 0 aliphatic heterocycles. The minimum absolute atomic E-state index is 0.0457. The molecule has 4 saturated carbocycles. The lowest BCUT2D eigenvalue weighted by Crippen LogP contribution is -2.53. The van der Waals surface area contributed by atoms with Crippen molar-refractivity contribution in [3.8, 4) is 0 Å². The van der Waals surface area contributed by atoms with Gasteiger partial charge >= 0.3 is 5.69 Å². The first-order valence-electron chi connectivity index (χ1n) is 12.4. The topological polar surface area (TPSA) is 78.0 Å². The number of Topliss-reactive ketones (excluding diaryl/α,β-unsaturated/α-hetero) is 1. The van der Waals surface area contributed by atoms with Crippen LogP contribution in [0.15, 0.2) is 12.4 Å². The smallest absolute Gasteiger partial charge is 0.297 e. The molecule has 8 atom stereocenters. The van der Waals surface area contributed by atoms with Crippen molar-refractivity contribution in [1.82, 2.24) is 9.78 Å². The molecule has 0 N–H and O–H groups in total. The van der Waals surface area contributed by atoms with E-state index in [0.717, 1.165) is 36.5 Å². The van der Waals surface area contributed by atoms with Crippen molar-refractivity contribution in [1.29, 1.82) is 0 Å². The predicted octanol–water partition coefficient (Wildman–Crippen LogP) is 5.66. The average Bonchev–Trinajstić information content (AvgIpc) is 3.32. The van der Waals surface area contributed by atoms with Gasteiger partial charge in [0.25, 0.3) is 0 Å². The van der Waals surface area contributed by atoms with Gasteiger partial charge in [0.05, 0.1) is 4.92 Å². The zero-order valence-electron chi connectivity index (χ0n) is 19.3. The Balaban J connectivity index is 1.32. The molecule has 0 amide bonds. The summed E-state index contributed by atoms with van der Waals surface area (Å²) in [6, 6.07) is 0. The molecule has 6 nitrogen and oxygen atoms in total. The van der Waals surface area contributed by atoms with Gasteiger partial charge in [0.2, 0.25) is 0 Å². The third-order valence-corrected chi connectivity index (χ3v) is 10.5. The fraction of sp³-hybridized carbons (Fsp3) is 0.840. The number of ketones is 1. The molecule has 0 saturated heterocycles. The van der Waals surface area contributed by atoms with Crippen LogP contribution in [-0.2, 0) is 11.3 Å². The summed E-state index contributed by atoms with van der Waals surface area (Å²) in [5.74, 6) is 4.33. The first kappa shape index (κ1) is 21.1. The minimum Gasteiger partial charge on any atom is -0.297 e. The molecule has 4 fully saturated rings. The van der Waals surface area contributed by atoms with Crippen molar-refractivity contribution >= 4 is 11.5 Å². The van der Waals surface area contributed by atoms with E-state index in [4.69, 9.17) is 0 Å². The molecule has 170 valence electrons. The molecule has 7 unspecified atom stereocenters. The van der Waals surface area contributed by atoms with Crippen LogP contribution in [0.2, 0.25) is 0 Å². The van der Waals surface area contributed by atoms with Crippen LogP contribution >= 0.6 is 0 Å². The molecular formula is C25H37N3O3. The molecule has 4 aliphatic rings. The van der Waals surface area contributed by atoms with Crippen LogP contribution in [0.5, 0.6) is 0 Å². The number of hydrogen-bond acceptors (Lipinski definition) is 4. The molecular weight excluding hydrogens is 390 g/mol. The Morgan fingerprint density at radius 1 is 1.13 bits per heavy atom. The maximum Gasteiger partial charge on any atom is 0.307 e. The Bertz CT molecular complexity index is 881. The van der Waals surface area contributed by atoms with Gasteiger partial charge < -0.3 is 0 Å². The number of hydrogen-bond donors (Lipinski definition) is 0. The first-order valence-corrected chi connectivity index (χ1v) is 12.4. The second-order valence-electron chi connectivity index (χ2n) is 11.8. The van der Waals surface area contributed by atoms with Gasteiger partial charge in [0.1, 0.15) is 18.9 Å². The summed E-state index contributed by atoms with van der Waals surface area (Å²) < 4.78 is 1.46. The van der Waals surface area contributed by atoms with Crippen molar-refractivity contribution in [2.75, 3.05) is 0 Å². The molecule has 4 aliphatic carbocycles. The van der Waals surface area contributed by atoms with E-state index in [1.54, 1.807) is 0 Å². The molecule has 0 radical (unpaired) electrons. The van der Waals surface area contributed by atoms with Crippen molar-refractivity contribution < 1.29 is 9.72 Å². The maximum atomic E-state index is 13.3. The SMILES string of the molecule is C[C@H]1CCC2(C)C(CCC3C2CCC2(C)C(C(=O)Cn4cc([N+](=O)[O-])cn4)CCC32)C1. The second-order valence-corrected chi connectivity index (χ2v) is 11.8. The lowest BCUT2D eigenvalue weighted by molar-refractivity contribution is -0.385. The van der Waals surface area contributed by atoms with E-state index in [0.29, 0.717) is 11.3 Å². The number of aromatic nitrogens is 2. The maximum absolute atomic E-state index is 13.3. The molecule has 1 aromatic heterocycles. The minimum atomic E-state index is -0.453. The Morgan fingerprint density at radius 3 is 2.61 bits per heavy atom. The van der Waals surface area contributed by atoms with Crippen LogP contribution in [0.25, 0.3) is 0 Å². The summed E-state index contributed by atoms with van der Waals surface area (Å²) in [6.45, 7) is 7.58. The summed E-state index contributed by atoms with van der Waals surface area (Å²) in [7, 11) is 0. The highest BCUT2D eigenvalue weighted by atomic mass is 16.6. The molecule has 0 aromatic carbocycles. The lowest BCUT2D eigenvalue weighted by atomic mass is 9.44. The van der Waals surface area contributed by atoms with Gasteiger partial charge in [-0.1, -0.05) is 27.2 Å². The number of fused-ring (bicyclic) bond motifs is 5. The summed E-state index contributed by atoms with van der Waals surface area (Å²) in [6.07, 6.45) is 14.1. The molecule has 5 rings (SSSR count). The summed E-state index contributed by atoms with van der Waals surface area (Å²) >= 11 is 0. The number of carbonyl (C=O) groups is 1. The van der Waals surface area contributed by atoms with E-state index >= 15 is 0 Å². The van der Waals surface area contributed by atoms with Crippen LogP contribution in [-0.4, -0.2) is 20.5 Å². The Morgan fingerprint density at radius 2 is 1.87 bits per heavy atom. The third kappa shape index (κ3) is 3.27. The van der Waals surface area contributed by atoms with E-state index in [1.165, 1.54) is 62.0 Å². The third-order valence-electron chi connectivity index (χ3n) is 10.5. The standard InChI is InChI=1S/C25H37N3O3/c1-16-8-10-24(2)17(12-16)4-5-19-20-6-7-22(25(20,3)11-9-21(19)24)23(29)15-27-14-18(13-26-27)28(30)31/h13-14,16-17,19-22H,4-12,15H2,1-3H3/t16-,17?,19?,20?,21?,22?,24?,25?/m0/s1. The van der Waals surface area contributed by atoms with Gasteiger partial charge in [-0.3, -0.25) is 19.6 Å². The largest absolute Gasteiger partial charge is 0.307 e. The van der Waals surface area contributed by atoms with Crippen LogP contribution in [0.1, 0.15) is 78.6 Å². The normalized spacial score (nSPS) is 44.2. The molecule has 1 heterocycles. The molecule has 6 heteroatoms. The number of carbonyl (C=O) groups excluding carboxylic acids is 1. The first-order chi connectivity index (χ1) is 14.7. The lowest BCUT2D eigenvalue weighted by Gasteiger charge is -2.61. The van der Waals surface area contributed by atoms with Crippen molar-refractivity contribution in [3.63, 3.8) is 0 Å². The summed E-state index contributed by atoms with van der Waals surface area (Å²) in [5.41, 5.74) is 0.547. The average molecular weight is 428 g/mol. The fourth-order valence-corrected chi connectivity index (χ4v) is 8.80. The van der Waals surface area contributed by atoms with E-state index in [2.05, 4.69) is 25.9 Å². The fourth-order valence-electron chi connectivity index (χ4n) is 8.80.